The molecule has 0 saturated carbocycles. The molecule has 2 aromatic rings. The number of amides is 1. The first-order valence-corrected chi connectivity index (χ1v) is 10.0. The zero-order valence-electron chi connectivity index (χ0n) is 14.8. The van der Waals surface area contributed by atoms with Crippen LogP contribution in [-0.2, 0) is 4.79 Å². The van der Waals surface area contributed by atoms with Gasteiger partial charge in [-0.15, -0.1) is 0 Å². The van der Waals surface area contributed by atoms with Crippen molar-refractivity contribution in [3.8, 4) is 23.6 Å². The number of benzene rings is 2. The van der Waals surface area contributed by atoms with Crippen molar-refractivity contribution < 1.29 is 14.3 Å². The number of nitriles is 2. The summed E-state index contributed by atoms with van der Waals surface area (Å²) in [6.07, 6.45) is 1.49. The number of carbonyl (C=O) groups excluding carboxylic acids is 1. The molecule has 0 aromatic heterocycles. The van der Waals surface area contributed by atoms with E-state index < -0.39 is 5.91 Å². The Morgan fingerprint density at radius 1 is 1.25 bits per heavy atom. The summed E-state index contributed by atoms with van der Waals surface area (Å²) >= 11 is 5.45. The van der Waals surface area contributed by atoms with Crippen molar-refractivity contribution in [1.82, 2.24) is 0 Å². The number of nitrogens with zero attached hydrogens (tertiary/aromatic N) is 2. The maximum atomic E-state index is 12.4. The maximum Gasteiger partial charge on any atom is 0.266 e. The molecule has 0 aliphatic carbocycles. The molecule has 0 bridgehead atoms. The quantitative estimate of drug-likeness (QED) is 0.300. The minimum absolute atomic E-state index is 0.0396. The van der Waals surface area contributed by atoms with Crippen molar-refractivity contribution in [2.24, 2.45) is 0 Å². The average Bonchev–Trinajstić information content (AvgIpc) is 2.67. The number of carbonyl (C=O) groups is 1. The summed E-state index contributed by atoms with van der Waals surface area (Å²) in [4.78, 5) is 12.4. The summed E-state index contributed by atoms with van der Waals surface area (Å²) < 4.78 is 12.1. The molecule has 0 heterocycles. The Hall–Kier alpha value is -2.56. The lowest BCUT2D eigenvalue weighted by atomic mass is 10.1. The molecule has 0 radical (unpaired) electrons. The molecule has 28 heavy (non-hydrogen) atoms. The van der Waals surface area contributed by atoms with E-state index in [1.54, 1.807) is 36.4 Å². The highest BCUT2D eigenvalue weighted by atomic mass is 127. The average molecular weight is 552 g/mol. The minimum atomic E-state index is -0.511. The summed E-state index contributed by atoms with van der Waals surface area (Å²) in [5.74, 6) is 0.730. The minimum Gasteiger partial charge on any atom is -0.494 e. The smallest absolute Gasteiger partial charge is 0.266 e. The van der Waals surface area contributed by atoms with Gasteiger partial charge < -0.3 is 14.8 Å². The van der Waals surface area contributed by atoms with Crippen LogP contribution in [0.1, 0.15) is 12.5 Å². The molecule has 0 spiro atoms. The standard InChI is InChI=1S/C20H15BrIN3O3/c1-2-27-16-5-3-15(4-6-16)25-20(26)14(12-24)9-13-10-17(21)19(18(22)11-13)28-8-7-23/h3-6,9-11H,2,8H2,1H3,(H,25,26)/b14-9-. The SMILES string of the molecule is CCOc1ccc(NC(=O)/C(C#N)=C\c2cc(Br)c(OCC#N)c(I)c2)cc1. The normalized spacial score (nSPS) is 10.5. The molecule has 6 nitrogen and oxygen atoms in total. The van der Waals surface area contributed by atoms with Crippen LogP contribution in [0.15, 0.2) is 46.4 Å². The lowest BCUT2D eigenvalue weighted by molar-refractivity contribution is -0.112. The van der Waals surface area contributed by atoms with E-state index in [1.807, 2.05) is 19.1 Å². The van der Waals surface area contributed by atoms with Crippen molar-refractivity contribution in [1.29, 1.82) is 10.5 Å². The van der Waals surface area contributed by atoms with Gasteiger partial charge in [0, 0.05) is 5.69 Å². The molecule has 2 rings (SSSR count). The van der Waals surface area contributed by atoms with E-state index in [0.29, 0.717) is 33.8 Å². The van der Waals surface area contributed by atoms with Gasteiger partial charge in [-0.1, -0.05) is 0 Å². The maximum absolute atomic E-state index is 12.4. The van der Waals surface area contributed by atoms with E-state index in [4.69, 9.17) is 14.7 Å². The molecule has 0 aliphatic rings. The van der Waals surface area contributed by atoms with Gasteiger partial charge in [-0.25, -0.2) is 0 Å². The highest BCUT2D eigenvalue weighted by Crippen LogP contribution is 2.32. The van der Waals surface area contributed by atoms with Crippen LogP contribution in [-0.4, -0.2) is 19.1 Å². The Balaban J connectivity index is 2.19. The summed E-state index contributed by atoms with van der Waals surface area (Å²) in [7, 11) is 0. The monoisotopic (exact) mass is 551 g/mol. The van der Waals surface area contributed by atoms with E-state index in [0.717, 1.165) is 3.57 Å². The van der Waals surface area contributed by atoms with Crippen molar-refractivity contribution in [2.75, 3.05) is 18.5 Å². The third kappa shape index (κ3) is 5.98. The lowest BCUT2D eigenvalue weighted by Crippen LogP contribution is -2.13. The third-order valence-corrected chi connectivity index (χ3v) is 4.79. The Morgan fingerprint density at radius 2 is 1.96 bits per heavy atom. The van der Waals surface area contributed by atoms with Crippen LogP contribution in [0.3, 0.4) is 0 Å². The van der Waals surface area contributed by atoms with Gasteiger partial charge in [-0.2, -0.15) is 10.5 Å². The van der Waals surface area contributed by atoms with Crippen molar-refractivity contribution in [2.45, 2.75) is 6.92 Å². The van der Waals surface area contributed by atoms with E-state index >= 15 is 0 Å². The van der Waals surface area contributed by atoms with Gasteiger partial charge in [-0.05, 0) is 93.5 Å². The van der Waals surface area contributed by atoms with Crippen LogP contribution in [0.4, 0.5) is 5.69 Å². The third-order valence-electron chi connectivity index (χ3n) is 3.40. The largest absolute Gasteiger partial charge is 0.494 e. The van der Waals surface area contributed by atoms with Crippen LogP contribution < -0.4 is 14.8 Å². The Kier molecular flexibility index (Phi) is 8.30. The fourth-order valence-corrected chi connectivity index (χ4v) is 3.99. The van der Waals surface area contributed by atoms with E-state index in [9.17, 15) is 10.1 Å². The predicted molar refractivity (Wildman–Crippen MR) is 118 cm³/mol. The number of ether oxygens (including phenoxy) is 2. The molecule has 8 heteroatoms. The van der Waals surface area contributed by atoms with Crippen LogP contribution >= 0.6 is 38.5 Å². The second-order valence-electron chi connectivity index (χ2n) is 5.34. The number of hydrogen-bond donors (Lipinski definition) is 1. The highest BCUT2D eigenvalue weighted by molar-refractivity contribution is 14.1. The Bertz CT molecular complexity index is 953. The Labute approximate surface area is 185 Å². The molecule has 1 amide bonds. The van der Waals surface area contributed by atoms with Gasteiger partial charge in [0.15, 0.2) is 6.61 Å². The van der Waals surface area contributed by atoms with Gasteiger partial charge >= 0.3 is 0 Å². The second-order valence-corrected chi connectivity index (χ2v) is 7.36. The number of nitrogens with one attached hydrogen (secondary N) is 1. The van der Waals surface area contributed by atoms with Gasteiger partial charge in [0.2, 0.25) is 0 Å². The molecular weight excluding hydrogens is 537 g/mol. The van der Waals surface area contributed by atoms with Crippen molar-refractivity contribution in [3.05, 3.63) is 55.6 Å². The second kappa shape index (κ2) is 10.7. The molecule has 0 fully saturated rings. The van der Waals surface area contributed by atoms with Crippen LogP contribution in [0.2, 0.25) is 0 Å². The van der Waals surface area contributed by atoms with Crippen molar-refractivity contribution >= 4 is 56.2 Å². The first-order chi connectivity index (χ1) is 13.5. The predicted octanol–water partition coefficient (Wildman–Crippen LogP) is 4.90. The van der Waals surface area contributed by atoms with E-state index in [-0.39, 0.29) is 12.2 Å². The molecule has 0 unspecified atom stereocenters. The van der Waals surface area contributed by atoms with E-state index in [1.165, 1.54) is 6.08 Å². The summed E-state index contributed by atoms with van der Waals surface area (Å²) in [6, 6.07) is 14.2. The zero-order chi connectivity index (χ0) is 20.5. The van der Waals surface area contributed by atoms with Gasteiger partial charge in [0.25, 0.3) is 5.91 Å². The highest BCUT2D eigenvalue weighted by Gasteiger charge is 2.12. The summed E-state index contributed by atoms with van der Waals surface area (Å²) in [5, 5.41) is 20.7. The molecule has 0 atom stereocenters. The first kappa shape index (κ1) is 21.7. The zero-order valence-corrected chi connectivity index (χ0v) is 18.6. The number of hydrogen-bond acceptors (Lipinski definition) is 5. The van der Waals surface area contributed by atoms with Crippen LogP contribution in [0.25, 0.3) is 6.08 Å². The topological polar surface area (TPSA) is 95.1 Å². The molecular formula is C20H15BrIN3O3. The first-order valence-electron chi connectivity index (χ1n) is 8.13. The molecule has 1 N–H and O–H groups in total. The van der Waals surface area contributed by atoms with Gasteiger partial charge in [0.05, 0.1) is 14.6 Å². The molecule has 0 aliphatic heterocycles. The number of halogens is 2. The van der Waals surface area contributed by atoms with Crippen LogP contribution in [0, 0.1) is 26.2 Å². The fourth-order valence-electron chi connectivity index (χ4n) is 2.22. The van der Waals surface area contributed by atoms with Crippen LogP contribution in [0.5, 0.6) is 11.5 Å². The lowest BCUT2D eigenvalue weighted by Gasteiger charge is -2.09. The van der Waals surface area contributed by atoms with Gasteiger partial charge in [0.1, 0.15) is 29.2 Å². The summed E-state index contributed by atoms with van der Waals surface area (Å²) in [5.41, 5.74) is 1.17. The summed E-state index contributed by atoms with van der Waals surface area (Å²) in [6.45, 7) is 2.38. The molecule has 0 saturated heterocycles. The number of rotatable bonds is 7. The molecule has 2 aromatic carbocycles. The van der Waals surface area contributed by atoms with Crippen molar-refractivity contribution in [3.63, 3.8) is 0 Å². The van der Waals surface area contributed by atoms with Gasteiger partial charge in [-0.3, -0.25) is 4.79 Å². The molecule has 142 valence electrons. The fraction of sp³-hybridized carbons (Fsp3) is 0.150. The Morgan fingerprint density at radius 3 is 2.54 bits per heavy atom. The van der Waals surface area contributed by atoms with E-state index in [2.05, 4.69) is 43.8 Å². The number of anilines is 1.